The summed E-state index contributed by atoms with van der Waals surface area (Å²) in [6.07, 6.45) is 5.57. The van der Waals surface area contributed by atoms with Gasteiger partial charge in [0.05, 0.1) is 13.2 Å². The zero-order valence-corrected chi connectivity index (χ0v) is 22.8. The number of carbonyl (C=O) groups is 1. The molecule has 1 aliphatic rings. The molecule has 0 fully saturated rings. The van der Waals surface area contributed by atoms with Crippen LogP contribution in [0.25, 0.3) is 6.08 Å². The van der Waals surface area contributed by atoms with Crippen LogP contribution in [0, 0.1) is 0 Å². The molecule has 40 heavy (non-hydrogen) atoms. The van der Waals surface area contributed by atoms with Gasteiger partial charge >= 0.3 is 0 Å². The molecule has 1 heterocycles. The lowest BCUT2D eigenvalue weighted by molar-refractivity contribution is -0.127. The monoisotopic (exact) mass is 543 g/mol. The molecule has 0 unspecified atom stereocenters. The van der Waals surface area contributed by atoms with Crippen molar-refractivity contribution in [1.29, 1.82) is 0 Å². The van der Waals surface area contributed by atoms with Crippen molar-refractivity contribution in [2.45, 2.75) is 31.7 Å². The molecule has 0 saturated heterocycles. The number of nitrogens with one attached hydrogen (secondary N) is 2. The number of aliphatic imine (C=N–C) groups is 1. The van der Waals surface area contributed by atoms with Crippen molar-refractivity contribution < 1.29 is 24.1 Å². The zero-order valence-electron chi connectivity index (χ0n) is 22.8. The van der Waals surface area contributed by atoms with Crippen molar-refractivity contribution in [3.8, 4) is 11.5 Å². The summed E-state index contributed by atoms with van der Waals surface area (Å²) >= 11 is 0. The highest BCUT2D eigenvalue weighted by atomic mass is 16.5. The third-order valence-corrected chi connectivity index (χ3v) is 6.42. The standard InChI is InChI=1S/C32H37N3O5/c1-2-38-29-14-7-6-13-26(29)19-21-33-35-31(37)32(20-8-12-25-10-4-3-5-11-25)24-40-30(34-32)27-15-17-28(18-16-27)39-23-9-22-36/h3-8,10-18,33,36H,2,9,19-24H2,1H3,(H,35,37)/b12-8+/t32-/m0/s1. The van der Waals surface area contributed by atoms with Gasteiger partial charge in [0, 0.05) is 31.6 Å². The van der Waals surface area contributed by atoms with Crippen LogP contribution in [0.2, 0.25) is 0 Å². The Morgan fingerprint density at radius 1 is 1.05 bits per heavy atom. The average Bonchev–Trinajstić information content (AvgIpc) is 3.43. The second kappa shape index (κ2) is 14.9. The molecule has 1 atom stereocenters. The Labute approximate surface area is 235 Å². The molecule has 1 amide bonds. The number of hydrazine groups is 1. The first-order valence-corrected chi connectivity index (χ1v) is 13.7. The van der Waals surface area contributed by atoms with Crippen LogP contribution in [-0.4, -0.2) is 55.4 Å². The van der Waals surface area contributed by atoms with Gasteiger partial charge in [-0.05, 0) is 54.8 Å². The molecule has 0 aromatic heterocycles. The minimum Gasteiger partial charge on any atom is -0.494 e. The zero-order chi connectivity index (χ0) is 28.0. The normalized spacial score (nSPS) is 16.4. The number of hydrogen-bond acceptors (Lipinski definition) is 7. The summed E-state index contributed by atoms with van der Waals surface area (Å²) in [5.74, 6) is 1.70. The van der Waals surface area contributed by atoms with E-state index in [0.717, 1.165) is 22.4 Å². The van der Waals surface area contributed by atoms with E-state index < -0.39 is 5.54 Å². The van der Waals surface area contributed by atoms with Gasteiger partial charge in [-0.3, -0.25) is 10.2 Å². The van der Waals surface area contributed by atoms with Gasteiger partial charge in [0.15, 0.2) is 5.54 Å². The summed E-state index contributed by atoms with van der Waals surface area (Å²) in [7, 11) is 0. The van der Waals surface area contributed by atoms with E-state index in [4.69, 9.17) is 24.3 Å². The van der Waals surface area contributed by atoms with Crippen LogP contribution in [0.4, 0.5) is 0 Å². The average molecular weight is 544 g/mol. The highest BCUT2D eigenvalue weighted by Crippen LogP contribution is 2.28. The molecule has 4 rings (SSSR count). The number of nitrogens with zero attached hydrogens (tertiary/aromatic N) is 1. The molecule has 0 spiro atoms. The van der Waals surface area contributed by atoms with Crippen molar-refractivity contribution in [1.82, 2.24) is 10.9 Å². The van der Waals surface area contributed by atoms with E-state index >= 15 is 0 Å². The van der Waals surface area contributed by atoms with Crippen LogP contribution < -0.4 is 20.3 Å². The highest BCUT2D eigenvalue weighted by molar-refractivity contribution is 6.00. The largest absolute Gasteiger partial charge is 0.494 e. The Hall–Kier alpha value is -4.14. The summed E-state index contributed by atoms with van der Waals surface area (Å²) < 4.78 is 17.3. The molecule has 8 nitrogen and oxygen atoms in total. The number of hydrogen-bond donors (Lipinski definition) is 3. The molecule has 8 heteroatoms. The van der Waals surface area contributed by atoms with E-state index in [9.17, 15) is 4.79 Å². The molecule has 0 bridgehead atoms. The number of ether oxygens (including phenoxy) is 3. The van der Waals surface area contributed by atoms with Crippen LogP contribution in [0.1, 0.15) is 36.5 Å². The Kier molecular flexibility index (Phi) is 10.7. The Bertz CT molecular complexity index is 1280. The number of amides is 1. The van der Waals surface area contributed by atoms with Gasteiger partial charge in [-0.15, -0.1) is 0 Å². The van der Waals surface area contributed by atoms with E-state index in [1.165, 1.54) is 0 Å². The van der Waals surface area contributed by atoms with Crippen LogP contribution >= 0.6 is 0 Å². The number of aliphatic hydroxyl groups is 1. The van der Waals surface area contributed by atoms with Gasteiger partial charge in [0.1, 0.15) is 18.1 Å². The lowest BCUT2D eigenvalue weighted by Gasteiger charge is -2.22. The molecule has 3 aromatic carbocycles. The summed E-state index contributed by atoms with van der Waals surface area (Å²) in [5, 5.41) is 8.94. The first-order chi connectivity index (χ1) is 19.6. The molecular formula is C32H37N3O5. The van der Waals surface area contributed by atoms with Gasteiger partial charge in [0.2, 0.25) is 5.90 Å². The maximum absolute atomic E-state index is 13.5. The molecule has 0 aliphatic carbocycles. The first kappa shape index (κ1) is 28.9. The Morgan fingerprint density at radius 2 is 1.82 bits per heavy atom. The van der Waals surface area contributed by atoms with Gasteiger partial charge < -0.3 is 19.3 Å². The molecular weight excluding hydrogens is 506 g/mol. The van der Waals surface area contributed by atoms with Gasteiger partial charge in [0.25, 0.3) is 5.91 Å². The van der Waals surface area contributed by atoms with E-state index in [0.29, 0.717) is 50.7 Å². The fourth-order valence-corrected chi connectivity index (χ4v) is 4.27. The maximum Gasteiger partial charge on any atom is 0.266 e. The minimum absolute atomic E-state index is 0.0843. The smallest absolute Gasteiger partial charge is 0.266 e. The highest BCUT2D eigenvalue weighted by Gasteiger charge is 2.43. The van der Waals surface area contributed by atoms with Gasteiger partial charge in [-0.2, -0.15) is 0 Å². The van der Waals surface area contributed by atoms with Gasteiger partial charge in [-0.25, -0.2) is 10.4 Å². The predicted octanol–water partition coefficient (Wildman–Crippen LogP) is 4.33. The minimum atomic E-state index is -1.12. The van der Waals surface area contributed by atoms with Crippen molar-refractivity contribution in [3.05, 3.63) is 102 Å². The first-order valence-electron chi connectivity index (χ1n) is 13.7. The second-order valence-corrected chi connectivity index (χ2v) is 9.38. The quantitative estimate of drug-likeness (QED) is 0.195. The van der Waals surface area contributed by atoms with E-state index in [-0.39, 0.29) is 19.1 Å². The van der Waals surface area contributed by atoms with Crippen LogP contribution in [-0.2, 0) is 16.0 Å². The number of benzene rings is 3. The lowest BCUT2D eigenvalue weighted by atomic mass is 9.95. The summed E-state index contributed by atoms with van der Waals surface area (Å²) in [5.41, 5.74) is 7.67. The number of para-hydroxylation sites is 1. The Balaban J connectivity index is 1.44. The van der Waals surface area contributed by atoms with Crippen molar-refractivity contribution in [3.63, 3.8) is 0 Å². The molecule has 0 saturated carbocycles. The number of aliphatic hydroxyl groups excluding tert-OH is 1. The summed E-state index contributed by atoms with van der Waals surface area (Å²) in [6, 6.07) is 25.2. The third kappa shape index (κ3) is 7.94. The van der Waals surface area contributed by atoms with E-state index in [2.05, 4.69) is 10.9 Å². The molecule has 0 radical (unpaired) electrons. The van der Waals surface area contributed by atoms with E-state index in [1.54, 1.807) is 0 Å². The van der Waals surface area contributed by atoms with Crippen molar-refractivity contribution in [2.75, 3.05) is 33.0 Å². The van der Waals surface area contributed by atoms with E-state index in [1.807, 2.05) is 97.9 Å². The molecule has 210 valence electrons. The van der Waals surface area contributed by atoms with Crippen LogP contribution in [0.15, 0.2) is 89.9 Å². The Morgan fingerprint density at radius 3 is 2.60 bits per heavy atom. The number of carbonyl (C=O) groups excluding carboxylic acids is 1. The lowest BCUT2D eigenvalue weighted by Crippen LogP contribution is -2.51. The maximum atomic E-state index is 13.5. The van der Waals surface area contributed by atoms with Crippen LogP contribution in [0.5, 0.6) is 11.5 Å². The molecule has 1 aliphatic heterocycles. The SMILES string of the molecule is CCOc1ccccc1CCNNC(=O)[C@]1(C/C=C/c2ccccc2)COC(c2ccc(OCCCO)cc2)=N1. The summed E-state index contributed by atoms with van der Waals surface area (Å²) in [6.45, 7) is 3.73. The fourth-order valence-electron chi connectivity index (χ4n) is 4.27. The van der Waals surface area contributed by atoms with Gasteiger partial charge in [-0.1, -0.05) is 60.7 Å². The predicted molar refractivity (Wildman–Crippen MR) is 156 cm³/mol. The van der Waals surface area contributed by atoms with Crippen LogP contribution in [0.3, 0.4) is 0 Å². The second-order valence-electron chi connectivity index (χ2n) is 9.38. The topological polar surface area (TPSA) is 101 Å². The fraction of sp³-hybridized carbons (Fsp3) is 0.312. The van der Waals surface area contributed by atoms with Crippen molar-refractivity contribution >= 4 is 17.9 Å². The molecule has 3 aromatic rings. The summed E-state index contributed by atoms with van der Waals surface area (Å²) in [4.78, 5) is 18.3. The molecule has 3 N–H and O–H groups in total. The van der Waals surface area contributed by atoms with Crippen molar-refractivity contribution in [2.24, 2.45) is 4.99 Å². The number of rotatable bonds is 15. The third-order valence-electron chi connectivity index (χ3n) is 6.42.